The Balaban J connectivity index is 0.00000207. The highest BCUT2D eigenvalue weighted by Crippen LogP contribution is 2.35. The normalized spacial score (nSPS) is 11.9. The molecule has 43 heavy (non-hydrogen) atoms. The summed E-state index contributed by atoms with van der Waals surface area (Å²) < 4.78 is 50.9. The number of ether oxygens (including phenoxy) is 4. The number of nitrogens with zero attached hydrogens (tertiary/aromatic N) is 3. The third-order valence-corrected chi connectivity index (χ3v) is 6.54. The number of nitrogens with one attached hydrogen (secondary N) is 1. The van der Waals surface area contributed by atoms with Gasteiger partial charge in [0, 0.05) is 31.5 Å². The van der Waals surface area contributed by atoms with Crippen LogP contribution in [0.25, 0.3) is 11.4 Å². The minimum atomic E-state index is -0.808. The molecule has 226 valence electrons. The van der Waals surface area contributed by atoms with Gasteiger partial charge in [0.15, 0.2) is 5.82 Å². The molecule has 0 saturated carbocycles. The van der Waals surface area contributed by atoms with Gasteiger partial charge >= 0.3 is 0 Å². The lowest BCUT2D eigenvalue weighted by molar-refractivity contribution is 0.0765. The predicted octanol–water partition coefficient (Wildman–Crippen LogP) is 4.97. The Hall–Kier alpha value is -4.81. The van der Waals surface area contributed by atoms with Crippen molar-refractivity contribution in [2.24, 2.45) is 0 Å². The zero-order chi connectivity index (χ0) is 30.9. The van der Waals surface area contributed by atoms with Crippen molar-refractivity contribution in [1.29, 1.82) is 0 Å². The van der Waals surface area contributed by atoms with E-state index in [4.69, 9.17) is 24.1 Å². The first-order chi connectivity index (χ1) is 20.9. The standard InChI is InChI=1S/C30H28F2N4O5.CH4O/c1-38-13-14-41-20-11-8-19(9-12-20)33-29-27-24(34-28(35-29)26-22(31)5-4-6-23(26)32)17-36(30(27)37)16-18-7-10-21(39-2)15-25(18)40-3;1-2/h4-12,15H,13-14,16-17H2,1-3H3,(H,33,34,35);2H,1H3. The molecule has 1 aliphatic rings. The number of aliphatic hydroxyl groups excluding tert-OH is 1. The van der Waals surface area contributed by atoms with Crippen LogP contribution in [0.2, 0.25) is 0 Å². The average molecular weight is 595 g/mol. The Kier molecular flexibility index (Phi) is 10.4. The zero-order valence-corrected chi connectivity index (χ0v) is 24.2. The van der Waals surface area contributed by atoms with Gasteiger partial charge in [0.1, 0.15) is 46.9 Å². The maximum Gasteiger partial charge on any atom is 0.260 e. The summed E-state index contributed by atoms with van der Waals surface area (Å²) in [4.78, 5) is 24.1. The highest BCUT2D eigenvalue weighted by molar-refractivity contribution is 6.03. The highest BCUT2D eigenvalue weighted by atomic mass is 19.1. The number of fused-ring (bicyclic) bond motifs is 1. The van der Waals surface area contributed by atoms with Crippen molar-refractivity contribution < 1.29 is 37.6 Å². The summed E-state index contributed by atoms with van der Waals surface area (Å²) in [6, 6.07) is 15.9. The van der Waals surface area contributed by atoms with Gasteiger partial charge in [-0.25, -0.2) is 18.7 Å². The number of rotatable bonds is 11. The molecule has 1 aromatic heterocycles. The number of hydrogen-bond donors (Lipinski definition) is 2. The summed E-state index contributed by atoms with van der Waals surface area (Å²) in [6.07, 6.45) is 0. The van der Waals surface area contributed by atoms with Crippen molar-refractivity contribution in [3.63, 3.8) is 0 Å². The lowest BCUT2D eigenvalue weighted by Gasteiger charge is -2.18. The lowest BCUT2D eigenvalue weighted by Crippen LogP contribution is -2.24. The van der Waals surface area contributed by atoms with Crippen molar-refractivity contribution >= 4 is 17.4 Å². The van der Waals surface area contributed by atoms with E-state index in [1.54, 1.807) is 55.5 Å². The van der Waals surface area contributed by atoms with E-state index in [1.165, 1.54) is 13.2 Å². The Morgan fingerprint density at radius 1 is 0.884 bits per heavy atom. The number of amides is 1. The average Bonchev–Trinajstić information content (AvgIpc) is 3.34. The van der Waals surface area contributed by atoms with Crippen LogP contribution >= 0.6 is 0 Å². The number of carbonyl (C=O) groups is 1. The molecular weight excluding hydrogens is 562 g/mol. The second kappa shape index (κ2) is 14.4. The summed E-state index contributed by atoms with van der Waals surface area (Å²) in [5.74, 6) is -0.181. The molecule has 2 N–H and O–H groups in total. The monoisotopic (exact) mass is 594 g/mol. The maximum absolute atomic E-state index is 14.7. The molecule has 2 heterocycles. The van der Waals surface area contributed by atoms with Gasteiger partial charge in [-0.3, -0.25) is 4.79 Å². The van der Waals surface area contributed by atoms with Crippen LogP contribution in [0.1, 0.15) is 21.6 Å². The molecule has 0 spiro atoms. The summed E-state index contributed by atoms with van der Waals surface area (Å²) in [5.41, 5.74) is 1.54. The zero-order valence-electron chi connectivity index (χ0n) is 24.2. The number of aromatic nitrogens is 2. The third-order valence-electron chi connectivity index (χ3n) is 6.54. The number of benzene rings is 3. The van der Waals surface area contributed by atoms with E-state index >= 15 is 0 Å². The molecule has 5 rings (SSSR count). The summed E-state index contributed by atoms with van der Waals surface area (Å²) in [6.45, 7) is 1.15. The van der Waals surface area contributed by atoms with Crippen LogP contribution in [0, 0.1) is 11.6 Å². The van der Waals surface area contributed by atoms with Crippen LogP contribution in [0.15, 0.2) is 60.7 Å². The Morgan fingerprint density at radius 2 is 1.58 bits per heavy atom. The minimum absolute atomic E-state index is 0.107. The lowest BCUT2D eigenvalue weighted by atomic mass is 10.1. The van der Waals surface area contributed by atoms with E-state index < -0.39 is 11.6 Å². The molecule has 1 amide bonds. The molecule has 3 aromatic carbocycles. The van der Waals surface area contributed by atoms with Crippen molar-refractivity contribution in [2.45, 2.75) is 13.1 Å². The summed E-state index contributed by atoms with van der Waals surface area (Å²) in [5, 5.41) is 10.1. The van der Waals surface area contributed by atoms with Crippen molar-refractivity contribution in [3.05, 3.63) is 89.1 Å². The molecule has 0 saturated heterocycles. The van der Waals surface area contributed by atoms with Gasteiger partial charge in [0.2, 0.25) is 0 Å². The molecule has 10 nitrogen and oxygen atoms in total. The quantitative estimate of drug-likeness (QED) is 0.232. The van der Waals surface area contributed by atoms with Gasteiger partial charge in [-0.1, -0.05) is 6.07 Å². The molecule has 0 bridgehead atoms. The number of hydrogen-bond acceptors (Lipinski definition) is 9. The molecule has 0 unspecified atom stereocenters. The number of methoxy groups -OCH3 is 3. The summed E-state index contributed by atoms with van der Waals surface area (Å²) >= 11 is 0. The molecular formula is C31H32F2N4O6. The second-order valence-electron chi connectivity index (χ2n) is 9.14. The number of carbonyl (C=O) groups excluding carboxylic acids is 1. The molecule has 0 atom stereocenters. The SMILES string of the molecule is CO.COCCOc1ccc(Nc2nc(-c3c(F)cccc3F)nc3c2C(=O)N(Cc2ccc(OC)cc2OC)C3)cc1. The van der Waals surface area contributed by atoms with Gasteiger partial charge in [0.25, 0.3) is 5.91 Å². The van der Waals surface area contributed by atoms with Gasteiger partial charge in [0.05, 0.1) is 45.2 Å². The molecule has 0 fully saturated rings. The molecule has 4 aromatic rings. The summed E-state index contributed by atoms with van der Waals surface area (Å²) in [7, 11) is 5.68. The van der Waals surface area contributed by atoms with Crippen LogP contribution < -0.4 is 19.5 Å². The third kappa shape index (κ3) is 6.99. The van der Waals surface area contributed by atoms with E-state index in [9.17, 15) is 13.6 Å². The highest BCUT2D eigenvalue weighted by Gasteiger charge is 2.34. The van der Waals surface area contributed by atoms with E-state index in [2.05, 4.69) is 15.3 Å². The van der Waals surface area contributed by atoms with Crippen LogP contribution in [-0.2, 0) is 17.8 Å². The van der Waals surface area contributed by atoms with Gasteiger partial charge in [-0.05, 0) is 48.5 Å². The first-order valence-electron chi connectivity index (χ1n) is 13.2. The van der Waals surface area contributed by atoms with Gasteiger partial charge in [-0.15, -0.1) is 0 Å². The van der Waals surface area contributed by atoms with Crippen molar-refractivity contribution in [2.75, 3.05) is 47.0 Å². The fourth-order valence-corrected chi connectivity index (χ4v) is 4.50. The Labute approximate surface area is 247 Å². The van der Waals surface area contributed by atoms with Crippen LogP contribution in [0.3, 0.4) is 0 Å². The van der Waals surface area contributed by atoms with Crippen LogP contribution in [0.4, 0.5) is 20.3 Å². The smallest absolute Gasteiger partial charge is 0.260 e. The maximum atomic E-state index is 14.7. The van der Waals surface area contributed by atoms with E-state index in [-0.39, 0.29) is 41.8 Å². The molecule has 0 aliphatic carbocycles. The predicted molar refractivity (Wildman–Crippen MR) is 156 cm³/mol. The first kappa shape index (κ1) is 31.1. The Morgan fingerprint density at radius 3 is 2.23 bits per heavy atom. The van der Waals surface area contributed by atoms with Gasteiger partial charge < -0.3 is 34.3 Å². The van der Waals surface area contributed by atoms with Crippen molar-refractivity contribution in [1.82, 2.24) is 14.9 Å². The topological polar surface area (TPSA) is 115 Å². The molecule has 0 radical (unpaired) electrons. The molecule has 1 aliphatic heterocycles. The minimum Gasteiger partial charge on any atom is -0.497 e. The number of halogens is 2. The Bertz CT molecular complexity index is 1550. The number of aliphatic hydroxyl groups is 1. The number of anilines is 2. The largest absolute Gasteiger partial charge is 0.497 e. The fourth-order valence-electron chi connectivity index (χ4n) is 4.50. The van der Waals surface area contributed by atoms with Crippen molar-refractivity contribution in [3.8, 4) is 28.6 Å². The fraction of sp³-hybridized carbons (Fsp3) is 0.258. The van der Waals surface area contributed by atoms with Gasteiger partial charge in [-0.2, -0.15) is 0 Å². The first-order valence-corrected chi connectivity index (χ1v) is 13.2. The van der Waals surface area contributed by atoms with E-state index in [1.807, 2.05) is 6.07 Å². The van der Waals surface area contributed by atoms with E-state index in [0.717, 1.165) is 24.8 Å². The second-order valence-corrected chi connectivity index (χ2v) is 9.14. The van der Waals surface area contributed by atoms with Crippen LogP contribution in [0.5, 0.6) is 17.2 Å². The van der Waals surface area contributed by atoms with E-state index in [0.29, 0.717) is 41.8 Å². The molecule has 12 heteroatoms. The van der Waals surface area contributed by atoms with Crippen LogP contribution in [-0.4, -0.2) is 67.5 Å².